The Morgan fingerprint density at radius 1 is 1.29 bits per heavy atom. The molecule has 180 valence electrons. The summed E-state index contributed by atoms with van der Waals surface area (Å²) in [4.78, 5) is 0. The van der Waals surface area contributed by atoms with Crippen LogP contribution in [-0.4, -0.2) is 49.9 Å². The number of phenolic OH excluding ortho intramolecular Hbond substituents is 1. The molecule has 2 aromatic rings. The molecule has 9 heteroatoms. The standard InChI is InChI=1S/C25H28BIO6S/c1-3-17-15-34(30,31)23-14-26(29)33-21(24(17)23)10-9-19(18-7-5-4-6-8-18)11-16-12-20(27)25(28)22(13-16)32-2/h4-8,11-13,21,23,28-29H,3,9-10,14-15H2,1-2H3/b19-11-/t21-,23+/m1/s1. The first kappa shape index (κ1) is 25.3. The smallest absolute Gasteiger partial charge is 0.456 e. The van der Waals surface area contributed by atoms with Crippen LogP contribution in [0.1, 0.15) is 37.3 Å². The van der Waals surface area contributed by atoms with E-state index in [1.807, 2.05) is 43.3 Å². The van der Waals surface area contributed by atoms with Gasteiger partial charge in [-0.15, -0.1) is 0 Å². The zero-order valence-corrected chi connectivity index (χ0v) is 22.2. The van der Waals surface area contributed by atoms with Gasteiger partial charge in [-0.1, -0.05) is 48.9 Å². The molecule has 0 saturated carbocycles. The molecule has 2 atom stereocenters. The Morgan fingerprint density at radius 3 is 2.71 bits per heavy atom. The van der Waals surface area contributed by atoms with Crippen molar-refractivity contribution in [3.05, 3.63) is 68.3 Å². The second-order valence-electron chi connectivity index (χ2n) is 8.65. The molecule has 0 spiro atoms. The first-order chi connectivity index (χ1) is 16.2. The third kappa shape index (κ3) is 5.22. The minimum Gasteiger partial charge on any atom is -0.504 e. The van der Waals surface area contributed by atoms with E-state index in [1.165, 1.54) is 7.11 Å². The number of phenols is 1. The second kappa shape index (κ2) is 10.4. The van der Waals surface area contributed by atoms with Crippen LogP contribution in [0.15, 0.2) is 53.6 Å². The van der Waals surface area contributed by atoms with E-state index in [1.54, 1.807) is 6.07 Å². The topological polar surface area (TPSA) is 93.1 Å². The number of fused-ring (bicyclic) bond motifs is 1. The molecule has 0 aromatic heterocycles. The Labute approximate surface area is 214 Å². The van der Waals surface area contributed by atoms with E-state index in [9.17, 15) is 18.5 Å². The van der Waals surface area contributed by atoms with Gasteiger partial charge >= 0.3 is 7.12 Å². The van der Waals surface area contributed by atoms with Crippen molar-refractivity contribution in [2.75, 3.05) is 12.9 Å². The number of rotatable bonds is 7. The maximum absolute atomic E-state index is 12.7. The van der Waals surface area contributed by atoms with Crippen LogP contribution in [0.4, 0.5) is 0 Å². The number of halogens is 1. The Hall–Kier alpha value is -1.82. The fraction of sp³-hybridized carbons (Fsp3) is 0.360. The average Bonchev–Trinajstić information content (AvgIpc) is 3.09. The summed E-state index contributed by atoms with van der Waals surface area (Å²) in [6.45, 7) is 1.97. The van der Waals surface area contributed by atoms with Crippen molar-refractivity contribution in [1.82, 2.24) is 0 Å². The SMILES string of the molecule is CCC1=C2[C@@H](CC/C(=C/c3cc(I)c(O)c(OC)c3)c3ccccc3)OB(O)C[C@@H]2S(=O)(=O)C1. The third-order valence-corrected chi connectivity index (χ3v) is 9.39. The van der Waals surface area contributed by atoms with E-state index < -0.39 is 28.3 Å². The molecule has 0 unspecified atom stereocenters. The van der Waals surface area contributed by atoms with Gasteiger partial charge in [-0.2, -0.15) is 0 Å². The zero-order chi connectivity index (χ0) is 24.5. The fourth-order valence-electron chi connectivity index (χ4n) is 4.86. The minimum atomic E-state index is -3.30. The molecule has 2 aliphatic heterocycles. The highest BCUT2D eigenvalue weighted by molar-refractivity contribution is 14.1. The quantitative estimate of drug-likeness (QED) is 0.209. The lowest BCUT2D eigenvalue weighted by Crippen LogP contribution is -2.41. The van der Waals surface area contributed by atoms with Crippen LogP contribution >= 0.6 is 22.6 Å². The predicted molar refractivity (Wildman–Crippen MR) is 143 cm³/mol. The number of ether oxygens (including phenoxy) is 1. The monoisotopic (exact) mass is 594 g/mol. The molecule has 0 aliphatic carbocycles. The summed E-state index contributed by atoms with van der Waals surface area (Å²) in [6, 6.07) is 13.7. The van der Waals surface area contributed by atoms with E-state index in [0.29, 0.717) is 28.6 Å². The number of sulfone groups is 1. The lowest BCUT2D eigenvalue weighted by Gasteiger charge is -2.32. The number of allylic oxidation sites excluding steroid dienone is 1. The zero-order valence-electron chi connectivity index (χ0n) is 19.2. The molecule has 1 saturated heterocycles. The maximum atomic E-state index is 12.7. The first-order valence-electron chi connectivity index (χ1n) is 11.3. The number of aromatic hydroxyl groups is 1. The van der Waals surface area contributed by atoms with Gasteiger partial charge in [0.05, 0.1) is 27.8 Å². The van der Waals surface area contributed by atoms with Crippen LogP contribution < -0.4 is 4.74 Å². The summed E-state index contributed by atoms with van der Waals surface area (Å²) in [5.74, 6) is 0.572. The van der Waals surface area contributed by atoms with Crippen LogP contribution in [0.5, 0.6) is 11.5 Å². The van der Waals surface area contributed by atoms with Gasteiger partial charge in [0.15, 0.2) is 21.3 Å². The Kier molecular flexibility index (Phi) is 7.76. The average molecular weight is 594 g/mol. The lowest BCUT2D eigenvalue weighted by atomic mass is 9.74. The van der Waals surface area contributed by atoms with Gasteiger partial charge < -0.3 is 19.5 Å². The first-order valence-corrected chi connectivity index (χ1v) is 14.1. The summed E-state index contributed by atoms with van der Waals surface area (Å²) in [5.41, 5.74) is 4.74. The van der Waals surface area contributed by atoms with Crippen molar-refractivity contribution in [2.45, 2.75) is 43.9 Å². The van der Waals surface area contributed by atoms with Gasteiger partial charge in [0.1, 0.15) is 0 Å². The predicted octanol–water partition coefficient (Wildman–Crippen LogP) is 4.71. The molecule has 34 heavy (non-hydrogen) atoms. The van der Waals surface area contributed by atoms with Crippen LogP contribution in [0.25, 0.3) is 11.6 Å². The molecule has 0 bridgehead atoms. The minimum absolute atomic E-state index is 0.0587. The van der Waals surface area contributed by atoms with Crippen LogP contribution in [-0.2, 0) is 14.5 Å². The molecular weight excluding hydrogens is 566 g/mol. The van der Waals surface area contributed by atoms with Crippen molar-refractivity contribution < 1.29 is 27.9 Å². The summed E-state index contributed by atoms with van der Waals surface area (Å²) < 4.78 is 37.3. The fourth-order valence-corrected chi connectivity index (χ4v) is 7.71. The number of hydrogen-bond donors (Lipinski definition) is 2. The highest BCUT2D eigenvalue weighted by Gasteiger charge is 2.47. The lowest BCUT2D eigenvalue weighted by molar-refractivity contribution is 0.171. The van der Waals surface area contributed by atoms with Gasteiger partial charge in [0.2, 0.25) is 0 Å². The number of hydrogen-bond acceptors (Lipinski definition) is 6. The molecule has 2 heterocycles. The molecule has 0 amide bonds. The van der Waals surface area contributed by atoms with E-state index in [0.717, 1.165) is 27.8 Å². The van der Waals surface area contributed by atoms with Gasteiger partial charge in [0, 0.05) is 6.32 Å². The summed E-state index contributed by atoms with van der Waals surface area (Å²) in [6.07, 6.45) is 3.54. The normalized spacial score (nSPS) is 22.1. The van der Waals surface area contributed by atoms with Crippen LogP contribution in [0.3, 0.4) is 0 Å². The van der Waals surface area contributed by atoms with Crippen molar-refractivity contribution >= 4 is 51.2 Å². The Balaban J connectivity index is 1.67. The molecule has 0 radical (unpaired) electrons. The molecule has 2 N–H and O–H groups in total. The second-order valence-corrected chi connectivity index (χ2v) is 12.0. The summed E-state index contributed by atoms with van der Waals surface area (Å²) in [5, 5.41) is 19.8. The van der Waals surface area contributed by atoms with Crippen molar-refractivity contribution in [1.29, 1.82) is 0 Å². The van der Waals surface area contributed by atoms with Crippen LogP contribution in [0, 0.1) is 3.57 Å². The van der Waals surface area contributed by atoms with Crippen molar-refractivity contribution in [3.63, 3.8) is 0 Å². The highest BCUT2D eigenvalue weighted by atomic mass is 127. The molecule has 6 nitrogen and oxygen atoms in total. The van der Waals surface area contributed by atoms with E-state index in [4.69, 9.17) is 9.39 Å². The van der Waals surface area contributed by atoms with E-state index in [-0.39, 0.29) is 17.8 Å². The molecule has 2 aromatic carbocycles. The molecule has 4 rings (SSSR count). The third-order valence-electron chi connectivity index (χ3n) is 6.51. The number of methoxy groups -OCH3 is 1. The van der Waals surface area contributed by atoms with E-state index in [2.05, 4.69) is 28.7 Å². The van der Waals surface area contributed by atoms with Gasteiger partial charge in [-0.3, -0.25) is 0 Å². The Bertz CT molecular complexity index is 1230. The van der Waals surface area contributed by atoms with Crippen molar-refractivity contribution in [2.24, 2.45) is 0 Å². The largest absolute Gasteiger partial charge is 0.504 e. The highest BCUT2D eigenvalue weighted by Crippen LogP contribution is 2.41. The van der Waals surface area contributed by atoms with Gasteiger partial charge in [-0.25, -0.2) is 8.42 Å². The molecule has 1 fully saturated rings. The van der Waals surface area contributed by atoms with Crippen molar-refractivity contribution in [3.8, 4) is 11.5 Å². The van der Waals surface area contributed by atoms with Crippen LogP contribution in [0.2, 0.25) is 6.32 Å². The molecular formula is C25H28BIO6S. The van der Waals surface area contributed by atoms with Gasteiger partial charge in [-0.05, 0) is 76.3 Å². The Morgan fingerprint density at radius 2 is 2.03 bits per heavy atom. The maximum Gasteiger partial charge on any atom is 0.456 e. The van der Waals surface area contributed by atoms with Gasteiger partial charge in [0.25, 0.3) is 0 Å². The molecule has 2 aliphatic rings. The number of benzene rings is 2. The summed E-state index contributed by atoms with van der Waals surface area (Å²) >= 11 is 2.08. The van der Waals surface area contributed by atoms with E-state index >= 15 is 0 Å². The summed E-state index contributed by atoms with van der Waals surface area (Å²) in [7, 11) is -2.86.